The number of hydrogen-bond donors (Lipinski definition) is 1. The summed E-state index contributed by atoms with van der Waals surface area (Å²) in [6.07, 6.45) is 1.10. The van der Waals surface area contributed by atoms with E-state index >= 15 is 0 Å². The van der Waals surface area contributed by atoms with Gasteiger partial charge in [0.05, 0.1) is 0 Å². The van der Waals surface area contributed by atoms with Gasteiger partial charge in [-0.25, -0.2) is 0 Å². The topological polar surface area (TPSA) is 17.0 Å². The lowest BCUT2D eigenvalue weighted by Gasteiger charge is -2.15. The third kappa shape index (κ3) is 3.13. The molecule has 0 saturated heterocycles. The van der Waals surface area contributed by atoms with Crippen LogP contribution in [0.5, 0.6) is 0 Å². The maximum atomic E-state index is 3.62. The van der Waals surface area contributed by atoms with E-state index in [4.69, 9.17) is 0 Å². The Balaban J connectivity index is 2.00. The van der Waals surface area contributed by atoms with Crippen LogP contribution in [-0.2, 0) is 20.0 Å². The monoisotopic (exact) mass is 270 g/mol. The molecule has 108 valence electrons. The van der Waals surface area contributed by atoms with E-state index in [0.29, 0.717) is 6.04 Å². The van der Waals surface area contributed by atoms with Gasteiger partial charge in [0.1, 0.15) is 0 Å². The summed E-state index contributed by atoms with van der Waals surface area (Å²) in [5, 5.41) is 3.62. The Kier molecular flexibility index (Phi) is 4.66. The minimum atomic E-state index is 0.376. The zero-order valence-electron chi connectivity index (χ0n) is 13.3. The molecule has 0 amide bonds. The molecule has 0 aliphatic carbocycles. The lowest BCUT2D eigenvalue weighted by Crippen LogP contribution is -2.18. The molecule has 1 unspecified atom stereocenters. The second-order valence-electron chi connectivity index (χ2n) is 5.65. The summed E-state index contributed by atoms with van der Waals surface area (Å²) in [4.78, 5) is 0. The van der Waals surface area contributed by atoms with E-state index in [1.807, 2.05) is 0 Å². The molecule has 0 bridgehead atoms. The van der Waals surface area contributed by atoms with E-state index in [2.05, 4.69) is 75.0 Å². The molecule has 1 atom stereocenters. The molecule has 2 heteroatoms. The smallest absolute Gasteiger partial charge is 0.0294 e. The Labute approximate surface area is 122 Å². The molecule has 0 saturated carbocycles. The lowest BCUT2D eigenvalue weighted by atomic mass is 10.0. The molecule has 1 aromatic heterocycles. The number of rotatable bonds is 5. The SMILES string of the molecule is CCc1ccc(C(C)NCc2cc(C)n(C)c2C)cc1. The highest BCUT2D eigenvalue weighted by Crippen LogP contribution is 2.17. The van der Waals surface area contributed by atoms with Gasteiger partial charge < -0.3 is 9.88 Å². The zero-order chi connectivity index (χ0) is 14.7. The van der Waals surface area contributed by atoms with Crippen LogP contribution in [0.3, 0.4) is 0 Å². The van der Waals surface area contributed by atoms with E-state index in [1.165, 1.54) is 28.1 Å². The van der Waals surface area contributed by atoms with Gasteiger partial charge in [0.2, 0.25) is 0 Å². The van der Waals surface area contributed by atoms with Crippen LogP contribution in [0.15, 0.2) is 30.3 Å². The lowest BCUT2D eigenvalue weighted by molar-refractivity contribution is 0.572. The third-order valence-electron chi connectivity index (χ3n) is 4.37. The van der Waals surface area contributed by atoms with Crippen LogP contribution in [0.4, 0.5) is 0 Å². The zero-order valence-corrected chi connectivity index (χ0v) is 13.3. The highest BCUT2D eigenvalue weighted by Gasteiger charge is 2.09. The van der Waals surface area contributed by atoms with E-state index in [9.17, 15) is 0 Å². The van der Waals surface area contributed by atoms with Gasteiger partial charge in [-0.2, -0.15) is 0 Å². The average molecular weight is 270 g/mol. The van der Waals surface area contributed by atoms with Crippen molar-refractivity contribution in [1.82, 2.24) is 9.88 Å². The maximum absolute atomic E-state index is 3.62. The Bertz CT molecular complexity index is 564. The fraction of sp³-hybridized carbons (Fsp3) is 0.444. The van der Waals surface area contributed by atoms with Gasteiger partial charge in [-0.1, -0.05) is 31.2 Å². The van der Waals surface area contributed by atoms with E-state index in [1.54, 1.807) is 0 Å². The Morgan fingerprint density at radius 2 is 1.80 bits per heavy atom. The molecule has 1 aromatic carbocycles. The molecule has 0 aliphatic heterocycles. The predicted molar refractivity (Wildman–Crippen MR) is 86.0 cm³/mol. The maximum Gasteiger partial charge on any atom is 0.0294 e. The van der Waals surface area contributed by atoms with E-state index in [-0.39, 0.29) is 0 Å². The molecule has 0 spiro atoms. The molecule has 20 heavy (non-hydrogen) atoms. The number of hydrogen-bond acceptors (Lipinski definition) is 1. The summed E-state index contributed by atoms with van der Waals surface area (Å²) >= 11 is 0. The van der Waals surface area contributed by atoms with Crippen molar-refractivity contribution < 1.29 is 0 Å². The van der Waals surface area contributed by atoms with Crippen molar-refractivity contribution in [2.24, 2.45) is 7.05 Å². The molecule has 0 fully saturated rings. The summed E-state index contributed by atoms with van der Waals surface area (Å²) in [6, 6.07) is 11.6. The summed E-state index contributed by atoms with van der Waals surface area (Å²) in [6.45, 7) is 9.68. The standard InChI is InChI=1S/C18H26N2/c1-6-16-7-9-17(10-8-16)14(3)19-12-18-11-13(2)20(5)15(18)4/h7-11,14,19H,6,12H2,1-5H3. The van der Waals surface area contributed by atoms with Crippen molar-refractivity contribution in [2.45, 2.75) is 46.7 Å². The number of aryl methyl sites for hydroxylation is 2. The van der Waals surface area contributed by atoms with Crippen LogP contribution in [0.2, 0.25) is 0 Å². The van der Waals surface area contributed by atoms with Crippen molar-refractivity contribution >= 4 is 0 Å². The van der Waals surface area contributed by atoms with E-state index < -0.39 is 0 Å². The second-order valence-corrected chi connectivity index (χ2v) is 5.65. The van der Waals surface area contributed by atoms with Crippen LogP contribution in [0.1, 0.15) is 48.0 Å². The van der Waals surface area contributed by atoms with Crippen LogP contribution >= 0.6 is 0 Å². The normalized spacial score (nSPS) is 12.7. The molecule has 0 radical (unpaired) electrons. The predicted octanol–water partition coefficient (Wildman–Crippen LogP) is 4.06. The van der Waals surface area contributed by atoms with Gasteiger partial charge in [-0.15, -0.1) is 0 Å². The molecular weight excluding hydrogens is 244 g/mol. The van der Waals surface area contributed by atoms with E-state index in [0.717, 1.165) is 13.0 Å². The van der Waals surface area contributed by atoms with Crippen molar-refractivity contribution in [3.8, 4) is 0 Å². The van der Waals surface area contributed by atoms with Gasteiger partial charge in [0.15, 0.2) is 0 Å². The van der Waals surface area contributed by atoms with Crippen molar-refractivity contribution in [2.75, 3.05) is 0 Å². The summed E-state index contributed by atoms with van der Waals surface area (Å²) in [7, 11) is 2.13. The molecule has 2 aromatic rings. The number of aromatic nitrogens is 1. The van der Waals surface area contributed by atoms with Gasteiger partial charge in [-0.3, -0.25) is 0 Å². The minimum Gasteiger partial charge on any atom is -0.352 e. The summed E-state index contributed by atoms with van der Waals surface area (Å²) in [5.74, 6) is 0. The van der Waals surface area contributed by atoms with Crippen molar-refractivity contribution in [3.05, 3.63) is 58.4 Å². The molecule has 2 nitrogen and oxygen atoms in total. The van der Waals surface area contributed by atoms with Crippen LogP contribution in [0, 0.1) is 13.8 Å². The first-order valence-electron chi connectivity index (χ1n) is 7.47. The van der Waals surface area contributed by atoms with Crippen LogP contribution < -0.4 is 5.32 Å². The number of benzene rings is 1. The Hall–Kier alpha value is -1.54. The van der Waals surface area contributed by atoms with Gasteiger partial charge in [0, 0.05) is 31.0 Å². The molecule has 2 rings (SSSR count). The molecular formula is C18H26N2. The highest BCUT2D eigenvalue weighted by atomic mass is 15.0. The largest absolute Gasteiger partial charge is 0.352 e. The van der Waals surface area contributed by atoms with Crippen LogP contribution in [-0.4, -0.2) is 4.57 Å². The second kappa shape index (κ2) is 6.27. The summed E-state index contributed by atoms with van der Waals surface area (Å²) in [5.41, 5.74) is 6.81. The van der Waals surface area contributed by atoms with Gasteiger partial charge in [0.25, 0.3) is 0 Å². The fourth-order valence-corrected chi connectivity index (χ4v) is 2.54. The minimum absolute atomic E-state index is 0.376. The average Bonchev–Trinajstić information content (AvgIpc) is 2.72. The number of nitrogens with zero attached hydrogens (tertiary/aromatic N) is 1. The Morgan fingerprint density at radius 3 is 2.30 bits per heavy atom. The fourth-order valence-electron chi connectivity index (χ4n) is 2.54. The highest BCUT2D eigenvalue weighted by molar-refractivity contribution is 5.27. The van der Waals surface area contributed by atoms with Crippen molar-refractivity contribution in [3.63, 3.8) is 0 Å². The molecule has 1 heterocycles. The third-order valence-corrected chi connectivity index (χ3v) is 4.37. The first kappa shape index (κ1) is 14.9. The van der Waals surface area contributed by atoms with Gasteiger partial charge >= 0.3 is 0 Å². The van der Waals surface area contributed by atoms with Crippen LogP contribution in [0.25, 0.3) is 0 Å². The number of nitrogens with one attached hydrogen (secondary N) is 1. The molecule has 1 N–H and O–H groups in total. The van der Waals surface area contributed by atoms with Gasteiger partial charge in [-0.05, 0) is 49.9 Å². The molecule has 0 aliphatic rings. The summed E-state index contributed by atoms with van der Waals surface area (Å²) < 4.78 is 2.25. The quantitative estimate of drug-likeness (QED) is 0.867. The first-order valence-corrected chi connectivity index (χ1v) is 7.47. The van der Waals surface area contributed by atoms with Crippen molar-refractivity contribution in [1.29, 1.82) is 0 Å². The Morgan fingerprint density at radius 1 is 1.15 bits per heavy atom. The first-order chi connectivity index (χ1) is 9.52.